The van der Waals surface area contributed by atoms with E-state index in [9.17, 15) is 9.59 Å². The van der Waals surface area contributed by atoms with E-state index < -0.39 is 0 Å². The van der Waals surface area contributed by atoms with E-state index >= 15 is 0 Å². The first-order chi connectivity index (χ1) is 15.9. The topological polar surface area (TPSA) is 108 Å². The second kappa shape index (κ2) is 10.0. The molecule has 0 bridgehead atoms. The Hall–Kier alpha value is -3.40. The van der Waals surface area contributed by atoms with Gasteiger partial charge in [-0.25, -0.2) is 9.78 Å². The lowest BCUT2D eigenvalue weighted by Crippen LogP contribution is -2.50. The summed E-state index contributed by atoms with van der Waals surface area (Å²) in [7, 11) is 1.56. The summed E-state index contributed by atoms with van der Waals surface area (Å²) in [6, 6.07) is 9.27. The third-order valence-electron chi connectivity index (χ3n) is 5.24. The van der Waals surface area contributed by atoms with Crippen molar-refractivity contribution in [3.05, 3.63) is 42.2 Å². The summed E-state index contributed by atoms with van der Waals surface area (Å²) in [4.78, 5) is 34.7. The summed E-state index contributed by atoms with van der Waals surface area (Å²) < 4.78 is 6.93. The van der Waals surface area contributed by atoms with Crippen LogP contribution in [0, 0.1) is 0 Å². The summed E-state index contributed by atoms with van der Waals surface area (Å²) in [6.45, 7) is 5.35. The summed E-state index contributed by atoms with van der Waals surface area (Å²) in [5.41, 5.74) is 1.17. The van der Waals surface area contributed by atoms with Crippen molar-refractivity contribution in [3.8, 4) is 11.5 Å². The zero-order chi connectivity index (χ0) is 23.4. The van der Waals surface area contributed by atoms with Crippen molar-refractivity contribution in [3.63, 3.8) is 0 Å². The molecule has 1 saturated heterocycles. The summed E-state index contributed by atoms with van der Waals surface area (Å²) in [6.07, 6.45) is 3.49. The van der Waals surface area contributed by atoms with Crippen LogP contribution in [0.1, 0.15) is 37.2 Å². The zero-order valence-corrected chi connectivity index (χ0v) is 19.7. The fourth-order valence-electron chi connectivity index (χ4n) is 3.69. The fraction of sp³-hybridized carbons (Fsp3) is 0.391. The smallest absolute Gasteiger partial charge is 0.317 e. The molecule has 1 aliphatic heterocycles. The minimum atomic E-state index is -0.267. The van der Waals surface area contributed by atoms with Crippen molar-refractivity contribution in [2.24, 2.45) is 0 Å². The number of urea groups is 1. The molecule has 9 nitrogen and oxygen atoms in total. The number of thiazole rings is 1. The highest BCUT2D eigenvalue weighted by Gasteiger charge is 2.24. The van der Waals surface area contributed by atoms with Crippen LogP contribution in [-0.2, 0) is 0 Å². The van der Waals surface area contributed by atoms with Gasteiger partial charge < -0.3 is 25.6 Å². The number of pyridine rings is 1. The molecule has 0 unspecified atom stereocenters. The predicted molar refractivity (Wildman–Crippen MR) is 129 cm³/mol. The second-order valence-corrected chi connectivity index (χ2v) is 9.27. The largest absolute Gasteiger partial charge is 0.457 e. The standard InChI is InChI=1S/C23H28N6O3S/c1-14(2)26-23(31)29-10-4-5-15(13-29)27-22-28-18-7-6-16(12-20(18)33-22)32-17-8-9-25-19(11-17)21(30)24-3/h6-9,11-12,14-15H,4-5,10,13H2,1-3H3,(H,24,30)(H,26,31)(H,27,28)/t15-/m0/s1. The molecule has 1 fully saturated rings. The molecule has 10 heteroatoms. The number of nitrogens with zero attached hydrogens (tertiary/aromatic N) is 3. The average Bonchev–Trinajstić information content (AvgIpc) is 3.20. The molecule has 1 aromatic carbocycles. The SMILES string of the molecule is CNC(=O)c1cc(Oc2ccc3nc(N[C@H]4CCCN(C(=O)NC(C)C)C4)sc3c2)ccn1. The van der Waals surface area contributed by atoms with Crippen LogP contribution in [0.3, 0.4) is 0 Å². The molecule has 3 amide bonds. The number of hydrogen-bond donors (Lipinski definition) is 3. The van der Waals surface area contributed by atoms with E-state index in [-0.39, 0.29) is 24.0 Å². The van der Waals surface area contributed by atoms with Crippen molar-refractivity contribution in [2.45, 2.75) is 38.8 Å². The fourth-order valence-corrected chi connectivity index (χ4v) is 4.66. The number of carbonyl (C=O) groups excluding carboxylic acids is 2. The molecule has 33 heavy (non-hydrogen) atoms. The van der Waals surface area contributed by atoms with Gasteiger partial charge in [-0.3, -0.25) is 9.78 Å². The second-order valence-electron chi connectivity index (χ2n) is 8.24. The Balaban J connectivity index is 1.43. The maximum Gasteiger partial charge on any atom is 0.317 e. The van der Waals surface area contributed by atoms with Gasteiger partial charge in [-0.15, -0.1) is 0 Å². The number of likely N-dealkylation sites (tertiary alicyclic amines) is 1. The molecule has 0 spiro atoms. The first-order valence-corrected chi connectivity index (χ1v) is 11.8. The van der Waals surface area contributed by atoms with Crippen LogP contribution in [0.15, 0.2) is 36.5 Å². The van der Waals surface area contributed by atoms with Crippen molar-refractivity contribution in [2.75, 3.05) is 25.5 Å². The number of amides is 3. The van der Waals surface area contributed by atoms with E-state index in [1.54, 1.807) is 36.7 Å². The minimum absolute atomic E-state index is 0.0155. The summed E-state index contributed by atoms with van der Waals surface area (Å²) in [5.74, 6) is 0.922. The third-order valence-corrected chi connectivity index (χ3v) is 6.18. The van der Waals surface area contributed by atoms with Crippen LogP contribution in [-0.4, -0.2) is 59.0 Å². The number of fused-ring (bicyclic) bond motifs is 1. The monoisotopic (exact) mass is 468 g/mol. The van der Waals surface area contributed by atoms with Gasteiger partial charge in [0.1, 0.15) is 17.2 Å². The van der Waals surface area contributed by atoms with E-state index in [1.807, 2.05) is 36.9 Å². The highest BCUT2D eigenvalue weighted by Crippen LogP contribution is 2.32. The Morgan fingerprint density at radius 2 is 2.03 bits per heavy atom. The number of aromatic nitrogens is 2. The van der Waals surface area contributed by atoms with Gasteiger partial charge in [0.15, 0.2) is 5.13 Å². The highest BCUT2D eigenvalue weighted by molar-refractivity contribution is 7.22. The zero-order valence-electron chi connectivity index (χ0n) is 18.9. The number of anilines is 1. The van der Waals surface area contributed by atoms with E-state index in [4.69, 9.17) is 9.72 Å². The van der Waals surface area contributed by atoms with Crippen molar-refractivity contribution in [1.82, 2.24) is 25.5 Å². The lowest BCUT2D eigenvalue weighted by molar-refractivity contribution is 0.0957. The molecule has 174 valence electrons. The van der Waals surface area contributed by atoms with Crippen molar-refractivity contribution < 1.29 is 14.3 Å². The maximum atomic E-state index is 12.3. The van der Waals surface area contributed by atoms with Crippen LogP contribution >= 0.6 is 11.3 Å². The van der Waals surface area contributed by atoms with Gasteiger partial charge in [0.25, 0.3) is 5.91 Å². The summed E-state index contributed by atoms with van der Waals surface area (Å²) in [5, 5.41) is 9.84. The molecule has 1 atom stereocenters. The number of nitrogens with one attached hydrogen (secondary N) is 3. The lowest BCUT2D eigenvalue weighted by Gasteiger charge is -2.33. The molecular formula is C23H28N6O3S. The molecule has 0 aliphatic carbocycles. The van der Waals surface area contributed by atoms with Crippen molar-refractivity contribution in [1.29, 1.82) is 0 Å². The van der Waals surface area contributed by atoms with E-state index in [0.29, 0.717) is 23.7 Å². The number of rotatable bonds is 6. The van der Waals surface area contributed by atoms with Crippen LogP contribution in [0.5, 0.6) is 11.5 Å². The first kappa shape index (κ1) is 22.8. The van der Waals surface area contributed by atoms with Crippen LogP contribution in [0.2, 0.25) is 0 Å². The number of ether oxygens (including phenoxy) is 1. The van der Waals surface area contributed by atoms with E-state index in [0.717, 1.165) is 34.7 Å². The Morgan fingerprint density at radius 1 is 1.21 bits per heavy atom. The molecular weight excluding hydrogens is 440 g/mol. The van der Waals surface area contributed by atoms with Gasteiger partial charge in [0, 0.05) is 50.6 Å². The quantitative estimate of drug-likeness (QED) is 0.507. The number of piperidine rings is 1. The molecule has 4 rings (SSSR count). The van der Waals surface area contributed by atoms with Gasteiger partial charge in [0.05, 0.1) is 10.2 Å². The normalized spacial score (nSPS) is 16.0. The Morgan fingerprint density at radius 3 is 2.82 bits per heavy atom. The first-order valence-electron chi connectivity index (χ1n) is 11.0. The molecule has 0 saturated carbocycles. The number of hydrogen-bond acceptors (Lipinski definition) is 7. The third kappa shape index (κ3) is 5.70. The number of carbonyl (C=O) groups is 2. The van der Waals surface area contributed by atoms with Crippen molar-refractivity contribution >= 4 is 38.6 Å². The average molecular weight is 469 g/mol. The Kier molecular flexibility index (Phi) is 6.93. The van der Waals surface area contributed by atoms with E-state index in [2.05, 4.69) is 20.9 Å². The lowest BCUT2D eigenvalue weighted by atomic mass is 10.1. The molecule has 3 heterocycles. The van der Waals surface area contributed by atoms with Gasteiger partial charge in [-0.1, -0.05) is 11.3 Å². The maximum absolute atomic E-state index is 12.3. The van der Waals surface area contributed by atoms with Crippen LogP contribution in [0.25, 0.3) is 10.2 Å². The van der Waals surface area contributed by atoms with E-state index in [1.165, 1.54) is 0 Å². The molecule has 1 aliphatic rings. The van der Waals surface area contributed by atoms with Gasteiger partial charge in [-0.2, -0.15) is 0 Å². The highest BCUT2D eigenvalue weighted by atomic mass is 32.1. The molecule has 3 aromatic rings. The van der Waals surface area contributed by atoms with Gasteiger partial charge >= 0.3 is 6.03 Å². The predicted octanol–water partition coefficient (Wildman–Crippen LogP) is 3.84. The Bertz CT molecular complexity index is 1150. The van der Waals surface area contributed by atoms with Gasteiger partial charge in [0.2, 0.25) is 0 Å². The Labute approximate surface area is 196 Å². The number of benzene rings is 1. The van der Waals surface area contributed by atoms with Crippen LogP contribution in [0.4, 0.5) is 9.93 Å². The van der Waals surface area contributed by atoms with Gasteiger partial charge in [-0.05, 0) is 44.9 Å². The molecule has 0 radical (unpaired) electrons. The summed E-state index contributed by atoms with van der Waals surface area (Å²) >= 11 is 1.55. The minimum Gasteiger partial charge on any atom is -0.457 e. The molecule has 3 N–H and O–H groups in total. The van der Waals surface area contributed by atoms with Crippen LogP contribution < -0.4 is 20.7 Å². The molecule has 2 aromatic heterocycles.